The molecule has 1 fully saturated rings. The van der Waals surface area contributed by atoms with Gasteiger partial charge in [0.05, 0.1) is 6.54 Å². The van der Waals surface area contributed by atoms with Gasteiger partial charge in [0.25, 0.3) is 12.2 Å². The van der Waals surface area contributed by atoms with Gasteiger partial charge < -0.3 is 10.1 Å². The fourth-order valence-corrected chi connectivity index (χ4v) is 2.75. The van der Waals surface area contributed by atoms with Crippen LogP contribution >= 0.6 is 12.8 Å². The molecule has 2 aliphatic heterocycles. The van der Waals surface area contributed by atoms with E-state index in [2.05, 4.69) is 33.8 Å². The van der Waals surface area contributed by atoms with Crippen molar-refractivity contribution in [2.24, 2.45) is 10.2 Å². The summed E-state index contributed by atoms with van der Waals surface area (Å²) in [7, 11) is 0. The van der Waals surface area contributed by atoms with E-state index < -0.39 is 33.6 Å². The second kappa shape index (κ2) is 5.87. The van der Waals surface area contributed by atoms with Gasteiger partial charge in [-0.3, -0.25) is 4.79 Å². The molecule has 3 rings (SSSR count). The number of nitrogens with one attached hydrogen (secondary N) is 2. The van der Waals surface area contributed by atoms with Crippen LogP contribution in [-0.2, 0) is 14.9 Å². The van der Waals surface area contributed by atoms with Crippen molar-refractivity contribution in [1.29, 1.82) is 0 Å². The van der Waals surface area contributed by atoms with Gasteiger partial charge in [-0.05, 0) is 16.5 Å². The van der Waals surface area contributed by atoms with Gasteiger partial charge in [-0.15, -0.1) is 4.39 Å². The first-order valence-electron chi connectivity index (χ1n) is 7.09. The lowest BCUT2D eigenvalue weighted by molar-refractivity contribution is -0.632. The fraction of sp³-hybridized carbons (Fsp3) is 0.286. The van der Waals surface area contributed by atoms with Crippen LogP contribution in [0.2, 0.25) is 0 Å². The van der Waals surface area contributed by atoms with E-state index in [1.165, 1.54) is 0 Å². The third kappa shape index (κ3) is 2.63. The highest BCUT2D eigenvalue weighted by molar-refractivity contribution is 7.75. The summed E-state index contributed by atoms with van der Waals surface area (Å²) in [6, 6.07) is 8.78. The van der Waals surface area contributed by atoms with E-state index in [-0.39, 0.29) is 6.54 Å². The van der Waals surface area contributed by atoms with E-state index >= 15 is 0 Å². The average Bonchev–Trinajstić information content (AvgIpc) is 3.14. The molecule has 3 atom stereocenters. The second-order valence-electron chi connectivity index (χ2n) is 5.57. The van der Waals surface area contributed by atoms with Crippen molar-refractivity contribution < 1.29 is 22.7 Å². The fourth-order valence-electron chi connectivity index (χ4n) is 2.57. The topological polar surface area (TPSA) is 92.1 Å². The largest absolute Gasteiger partial charge is 0.452 e. The number of carbonyl (C=O) groups excluding carboxylic acids is 2. The van der Waals surface area contributed by atoms with Crippen molar-refractivity contribution in [3.8, 4) is 0 Å². The molecule has 0 saturated carbocycles. The zero-order valence-electron chi connectivity index (χ0n) is 12.6. The van der Waals surface area contributed by atoms with Crippen LogP contribution in [-0.4, -0.2) is 41.1 Å². The summed E-state index contributed by atoms with van der Waals surface area (Å²) in [6.07, 6.45) is -1.35. The molecule has 3 unspecified atom stereocenters. The molecule has 0 aliphatic carbocycles. The first-order valence-corrected chi connectivity index (χ1v) is 7.49. The molecule has 0 bridgehead atoms. The van der Waals surface area contributed by atoms with E-state index in [1.807, 2.05) is 0 Å². The monoisotopic (exact) mass is 352 g/mol. The number of carbonyl (C=O) groups is 2. The Morgan fingerprint density at radius 3 is 2.75 bits per heavy atom. The van der Waals surface area contributed by atoms with Crippen LogP contribution in [0.5, 0.6) is 0 Å². The van der Waals surface area contributed by atoms with Crippen molar-refractivity contribution in [2.45, 2.75) is 18.4 Å². The molecule has 8 nitrogen and oxygen atoms in total. The van der Waals surface area contributed by atoms with Gasteiger partial charge >= 0.3 is 12.2 Å². The molecule has 1 saturated heterocycles. The molecule has 2 amide bonds. The number of hydrogen-bond acceptors (Lipinski definition) is 6. The summed E-state index contributed by atoms with van der Waals surface area (Å²) in [6.45, 7) is 1.76. The minimum Gasteiger partial charge on any atom is -0.443 e. The smallest absolute Gasteiger partial charge is 0.443 e. The zero-order chi connectivity index (χ0) is 17.4. The standard InChI is InChI=1S/C14H14FN5O3S/c1-14(9-5-3-2-4-6-9,10-7-16-13(22)23-10)11(21)19-20(24)8-17-18-12(20)15/h2-6,8,10,24H,7H2,1H3,(H-,16,19,21,22)/p+1. The van der Waals surface area contributed by atoms with Gasteiger partial charge in [0.2, 0.25) is 0 Å². The maximum Gasteiger partial charge on any atom is 0.452 e. The Balaban J connectivity index is 1.96. The Morgan fingerprint density at radius 1 is 1.50 bits per heavy atom. The number of hydrogen-bond donors (Lipinski definition) is 3. The van der Waals surface area contributed by atoms with Gasteiger partial charge in [0, 0.05) is 0 Å². The minimum atomic E-state index is -1.27. The molecule has 2 heterocycles. The van der Waals surface area contributed by atoms with Crippen LogP contribution in [0.15, 0.2) is 40.5 Å². The van der Waals surface area contributed by atoms with E-state index in [9.17, 15) is 14.0 Å². The zero-order valence-corrected chi connectivity index (χ0v) is 13.5. The number of ether oxygens (including phenoxy) is 1. The summed E-state index contributed by atoms with van der Waals surface area (Å²) in [5.74, 6) is -0.594. The molecule has 1 aromatic carbocycles. The molecule has 2 N–H and O–H groups in total. The van der Waals surface area contributed by atoms with Crippen LogP contribution < -0.4 is 10.7 Å². The SMILES string of the molecule is CC(C(=O)N[N+]1(S)C=NN=C1F)(c1ccccc1)C1CNC(=O)O1. The molecule has 2 aliphatic rings. The van der Waals surface area contributed by atoms with Gasteiger partial charge in [0.15, 0.2) is 0 Å². The van der Waals surface area contributed by atoms with Crippen molar-refractivity contribution in [3.63, 3.8) is 0 Å². The molecule has 0 aromatic heterocycles. The number of alkyl carbamates (subject to hydrolysis) is 1. The highest BCUT2D eigenvalue weighted by atomic mass is 32.1. The number of amides is 2. The second-order valence-corrected chi connectivity index (χ2v) is 6.20. The first-order chi connectivity index (χ1) is 11.4. The number of rotatable bonds is 4. The number of halogens is 1. The molecule has 10 heteroatoms. The van der Waals surface area contributed by atoms with Crippen molar-refractivity contribution in [3.05, 3.63) is 35.9 Å². The minimum absolute atomic E-state index is 0.148. The highest BCUT2D eigenvalue weighted by Crippen LogP contribution is 2.32. The maximum absolute atomic E-state index is 13.8. The van der Waals surface area contributed by atoms with E-state index in [0.717, 1.165) is 6.34 Å². The highest BCUT2D eigenvalue weighted by Gasteiger charge is 2.51. The molecule has 24 heavy (non-hydrogen) atoms. The van der Waals surface area contributed by atoms with E-state index in [1.54, 1.807) is 37.3 Å². The van der Waals surface area contributed by atoms with Gasteiger partial charge in [-0.1, -0.05) is 40.5 Å². The summed E-state index contributed by atoms with van der Waals surface area (Å²) >= 11 is 4.05. The quantitative estimate of drug-likeness (QED) is 0.429. The number of benzene rings is 1. The number of nitrogens with zero attached hydrogens (tertiary/aromatic N) is 3. The summed E-state index contributed by atoms with van der Waals surface area (Å²) in [5, 5.41) is 9.14. The lowest BCUT2D eigenvalue weighted by Crippen LogP contribution is -2.61. The molecular formula is C14H15FN5O3S+. The normalized spacial score (nSPS) is 27.9. The lowest BCUT2D eigenvalue weighted by atomic mass is 9.76. The Labute approximate surface area is 142 Å². The molecule has 0 spiro atoms. The third-order valence-electron chi connectivity index (χ3n) is 4.08. The van der Waals surface area contributed by atoms with Gasteiger partial charge in [0.1, 0.15) is 24.3 Å². The van der Waals surface area contributed by atoms with Gasteiger partial charge in [-0.2, -0.15) is 5.43 Å². The number of quaternary nitrogens is 1. The Bertz CT molecular complexity index is 743. The maximum atomic E-state index is 13.8. The van der Waals surface area contributed by atoms with Crippen LogP contribution in [0.3, 0.4) is 0 Å². The Hall–Kier alpha value is -2.46. The number of amidine groups is 1. The van der Waals surface area contributed by atoms with Crippen LogP contribution in [0, 0.1) is 0 Å². The molecule has 126 valence electrons. The molecular weight excluding hydrogens is 337 g/mol. The number of thiol groups is 1. The average molecular weight is 352 g/mol. The van der Waals surface area contributed by atoms with Crippen molar-refractivity contribution >= 4 is 37.2 Å². The van der Waals surface area contributed by atoms with Crippen molar-refractivity contribution in [1.82, 2.24) is 10.7 Å². The molecule has 1 aromatic rings. The predicted octanol–water partition coefficient (Wildman–Crippen LogP) is 1.03. The first kappa shape index (κ1) is 16.4. The van der Waals surface area contributed by atoms with Crippen LogP contribution in [0.25, 0.3) is 0 Å². The Kier molecular flexibility index (Phi) is 4.01. The number of cyclic esters (lactones) is 1. The van der Waals surface area contributed by atoms with E-state index in [4.69, 9.17) is 4.74 Å². The van der Waals surface area contributed by atoms with Gasteiger partial charge in [-0.25, -0.2) is 4.79 Å². The lowest BCUT2D eigenvalue weighted by Gasteiger charge is -2.33. The predicted molar refractivity (Wildman–Crippen MR) is 86.5 cm³/mol. The summed E-state index contributed by atoms with van der Waals surface area (Å²) < 4.78 is 18.0. The van der Waals surface area contributed by atoms with Crippen molar-refractivity contribution in [2.75, 3.05) is 6.54 Å². The molecule has 0 radical (unpaired) electrons. The summed E-state index contributed by atoms with van der Waals surface area (Å²) in [5.41, 5.74) is 1.76. The summed E-state index contributed by atoms with van der Waals surface area (Å²) in [4.78, 5) is 24.4. The third-order valence-corrected chi connectivity index (χ3v) is 4.45. The van der Waals surface area contributed by atoms with E-state index in [0.29, 0.717) is 5.56 Å². The Morgan fingerprint density at radius 2 is 2.21 bits per heavy atom. The van der Waals surface area contributed by atoms with Crippen LogP contribution in [0.4, 0.5) is 9.18 Å². The van der Waals surface area contributed by atoms with Crippen LogP contribution in [0.1, 0.15) is 12.5 Å².